The lowest BCUT2D eigenvalue weighted by Crippen LogP contribution is -2.50. The molecule has 0 radical (unpaired) electrons. The van der Waals surface area contributed by atoms with Crippen LogP contribution < -0.4 is 0 Å². The quantitative estimate of drug-likeness (QED) is 0.656. The van der Waals surface area contributed by atoms with Gasteiger partial charge in [-0.3, -0.25) is 9.69 Å². The van der Waals surface area contributed by atoms with Crippen LogP contribution in [0.2, 0.25) is 0 Å². The van der Waals surface area contributed by atoms with Crippen molar-refractivity contribution < 1.29 is 9.53 Å². The first-order valence-electron chi connectivity index (χ1n) is 5.99. The maximum atomic E-state index is 12.0. The average molecular weight is 267 g/mol. The van der Waals surface area contributed by atoms with Crippen molar-refractivity contribution >= 4 is 18.6 Å². The Balaban J connectivity index is 3.23. The van der Waals surface area contributed by atoms with Gasteiger partial charge in [0.1, 0.15) is 6.04 Å². The van der Waals surface area contributed by atoms with E-state index in [1.165, 1.54) is 7.11 Å². The molecule has 4 heteroatoms. The molecule has 0 aliphatic heterocycles. The van der Waals surface area contributed by atoms with Gasteiger partial charge >= 0.3 is 5.97 Å². The highest BCUT2D eigenvalue weighted by Crippen LogP contribution is 2.38. The summed E-state index contributed by atoms with van der Waals surface area (Å²) in [4.78, 5) is 13.9. The van der Waals surface area contributed by atoms with Crippen LogP contribution in [0.1, 0.15) is 18.9 Å². The van der Waals surface area contributed by atoms with Gasteiger partial charge in [-0.1, -0.05) is 37.3 Å². The van der Waals surface area contributed by atoms with Gasteiger partial charge in [-0.05, 0) is 26.1 Å². The fourth-order valence-corrected chi connectivity index (χ4v) is 2.71. The maximum Gasteiger partial charge on any atom is 0.324 e. The van der Waals surface area contributed by atoms with Gasteiger partial charge in [0.15, 0.2) is 0 Å². The highest BCUT2D eigenvalue weighted by Gasteiger charge is 2.42. The number of methoxy groups -OCH3 is 1. The largest absolute Gasteiger partial charge is 0.468 e. The van der Waals surface area contributed by atoms with E-state index >= 15 is 0 Å². The molecule has 2 unspecified atom stereocenters. The van der Waals surface area contributed by atoms with Gasteiger partial charge in [0.2, 0.25) is 0 Å². The normalized spacial score (nSPS) is 16.1. The van der Waals surface area contributed by atoms with Gasteiger partial charge in [0.05, 0.1) is 11.9 Å². The van der Waals surface area contributed by atoms with Gasteiger partial charge in [-0.15, -0.1) is 0 Å². The molecule has 0 spiro atoms. The summed E-state index contributed by atoms with van der Waals surface area (Å²) in [5, 5.41) is 0. The smallest absolute Gasteiger partial charge is 0.324 e. The fourth-order valence-electron chi connectivity index (χ4n) is 2.23. The Bertz CT molecular complexity index is 394. The van der Waals surface area contributed by atoms with Crippen molar-refractivity contribution in [1.82, 2.24) is 4.90 Å². The molecule has 0 fully saturated rings. The predicted molar refractivity (Wildman–Crippen MR) is 76.9 cm³/mol. The van der Waals surface area contributed by atoms with Crippen molar-refractivity contribution in [1.29, 1.82) is 0 Å². The molecule has 18 heavy (non-hydrogen) atoms. The second kappa shape index (κ2) is 6.25. The number of thiol groups is 1. The van der Waals surface area contributed by atoms with E-state index in [1.807, 2.05) is 56.3 Å². The minimum atomic E-state index is -0.558. The van der Waals surface area contributed by atoms with E-state index < -0.39 is 10.8 Å². The van der Waals surface area contributed by atoms with Crippen LogP contribution in [0.5, 0.6) is 0 Å². The lowest BCUT2D eigenvalue weighted by Gasteiger charge is -2.38. The number of hydrogen-bond acceptors (Lipinski definition) is 4. The molecule has 0 N–H and O–H groups in total. The summed E-state index contributed by atoms with van der Waals surface area (Å²) in [6.07, 6.45) is 0.734. The number of esters is 1. The van der Waals surface area contributed by atoms with Crippen molar-refractivity contribution in [2.24, 2.45) is 0 Å². The van der Waals surface area contributed by atoms with Crippen LogP contribution in [0.25, 0.3) is 0 Å². The van der Waals surface area contributed by atoms with E-state index in [0.29, 0.717) is 0 Å². The standard InChI is InChI=1S/C14H21NO2S/c1-5-14(18,11-9-7-6-8-10-11)12(15(2)3)13(16)17-4/h6-10,12,18H,5H2,1-4H3. The third-order valence-electron chi connectivity index (χ3n) is 3.21. The van der Waals surface area contributed by atoms with Crippen LogP contribution >= 0.6 is 12.6 Å². The lowest BCUT2D eigenvalue weighted by atomic mass is 9.87. The van der Waals surface area contributed by atoms with Crippen molar-refractivity contribution in [3.05, 3.63) is 35.9 Å². The van der Waals surface area contributed by atoms with Crippen LogP contribution in [0.4, 0.5) is 0 Å². The first-order valence-corrected chi connectivity index (χ1v) is 6.44. The van der Waals surface area contributed by atoms with E-state index in [0.717, 1.165) is 12.0 Å². The zero-order chi connectivity index (χ0) is 13.8. The molecule has 1 aromatic rings. The summed E-state index contributed by atoms with van der Waals surface area (Å²) in [5.74, 6) is -0.263. The lowest BCUT2D eigenvalue weighted by molar-refractivity contribution is -0.147. The minimum absolute atomic E-state index is 0.263. The minimum Gasteiger partial charge on any atom is -0.468 e. The third kappa shape index (κ3) is 2.87. The summed E-state index contributed by atoms with van der Waals surface area (Å²) < 4.78 is 4.36. The predicted octanol–water partition coefficient (Wildman–Crippen LogP) is 2.32. The molecule has 0 saturated heterocycles. The van der Waals surface area contributed by atoms with Gasteiger partial charge in [0.25, 0.3) is 0 Å². The average Bonchev–Trinajstić information content (AvgIpc) is 2.39. The van der Waals surface area contributed by atoms with Gasteiger partial charge in [-0.2, -0.15) is 12.6 Å². The molecule has 2 atom stereocenters. The number of likely N-dealkylation sites (N-methyl/N-ethyl adjacent to an activating group) is 1. The Labute approximate surface area is 115 Å². The van der Waals surface area contributed by atoms with Crippen molar-refractivity contribution in [2.75, 3.05) is 21.2 Å². The monoisotopic (exact) mass is 267 g/mol. The number of nitrogens with zero attached hydrogens (tertiary/aromatic N) is 1. The molecule has 0 aliphatic carbocycles. The molecule has 0 heterocycles. The molecule has 1 aromatic carbocycles. The summed E-state index contributed by atoms with van der Waals surface area (Å²) >= 11 is 4.79. The Morgan fingerprint density at radius 2 is 1.94 bits per heavy atom. The second-order valence-electron chi connectivity index (χ2n) is 4.53. The van der Waals surface area contributed by atoms with Crippen LogP contribution in [0.3, 0.4) is 0 Å². The first kappa shape index (κ1) is 15.1. The zero-order valence-electron chi connectivity index (χ0n) is 11.4. The summed E-state index contributed by atoms with van der Waals surface area (Å²) in [6, 6.07) is 9.44. The fraction of sp³-hybridized carbons (Fsp3) is 0.500. The van der Waals surface area contributed by atoms with E-state index in [9.17, 15) is 4.79 Å². The third-order valence-corrected chi connectivity index (χ3v) is 4.02. The number of carbonyl (C=O) groups is 1. The summed E-state index contributed by atoms with van der Waals surface area (Å²) in [7, 11) is 5.14. The number of hydrogen-bond donors (Lipinski definition) is 1. The molecule has 3 nitrogen and oxygen atoms in total. The SMILES string of the molecule is CCC(S)(c1ccccc1)C(C(=O)OC)N(C)C. The van der Waals surface area contributed by atoms with E-state index in [4.69, 9.17) is 17.4 Å². The Morgan fingerprint density at radius 1 is 1.39 bits per heavy atom. The van der Waals surface area contributed by atoms with Crippen LogP contribution in [0.15, 0.2) is 30.3 Å². The molecule has 0 amide bonds. The molecular weight excluding hydrogens is 246 g/mol. The molecule has 0 aromatic heterocycles. The number of ether oxygens (including phenoxy) is 1. The molecule has 100 valence electrons. The summed E-state index contributed by atoms with van der Waals surface area (Å²) in [5.41, 5.74) is 1.03. The number of rotatable bonds is 5. The first-order chi connectivity index (χ1) is 8.47. The Hall–Kier alpha value is -1.00. The zero-order valence-corrected chi connectivity index (χ0v) is 12.3. The molecule has 0 aliphatic rings. The molecule has 0 bridgehead atoms. The topological polar surface area (TPSA) is 29.5 Å². The molecule has 1 rings (SSSR count). The van der Waals surface area contributed by atoms with Gasteiger partial charge < -0.3 is 4.74 Å². The van der Waals surface area contributed by atoms with Crippen LogP contribution in [-0.2, 0) is 14.3 Å². The highest BCUT2D eigenvalue weighted by molar-refractivity contribution is 7.81. The van der Waals surface area contributed by atoms with Gasteiger partial charge in [-0.25, -0.2) is 0 Å². The molecular formula is C14H21NO2S. The van der Waals surface area contributed by atoms with E-state index in [-0.39, 0.29) is 5.97 Å². The summed E-state index contributed by atoms with van der Waals surface area (Å²) in [6.45, 7) is 2.03. The van der Waals surface area contributed by atoms with E-state index in [2.05, 4.69) is 0 Å². The van der Waals surface area contributed by atoms with E-state index in [1.54, 1.807) is 0 Å². The second-order valence-corrected chi connectivity index (χ2v) is 5.33. The molecule has 0 saturated carbocycles. The maximum absolute atomic E-state index is 12.0. The van der Waals surface area contributed by atoms with Crippen molar-refractivity contribution in [3.63, 3.8) is 0 Å². The number of benzene rings is 1. The Kier molecular flexibility index (Phi) is 5.23. The van der Waals surface area contributed by atoms with Crippen molar-refractivity contribution in [2.45, 2.75) is 24.1 Å². The van der Waals surface area contributed by atoms with Crippen LogP contribution in [-0.4, -0.2) is 38.1 Å². The van der Waals surface area contributed by atoms with Crippen molar-refractivity contribution in [3.8, 4) is 0 Å². The highest BCUT2D eigenvalue weighted by atomic mass is 32.1. The van der Waals surface area contributed by atoms with Gasteiger partial charge in [0, 0.05) is 0 Å². The Morgan fingerprint density at radius 3 is 2.33 bits per heavy atom. The number of carbonyl (C=O) groups excluding carboxylic acids is 1. The van der Waals surface area contributed by atoms with Crippen LogP contribution in [0, 0.1) is 0 Å².